The van der Waals surface area contributed by atoms with E-state index in [9.17, 15) is 10.2 Å². The predicted molar refractivity (Wildman–Crippen MR) is 90.6 cm³/mol. The summed E-state index contributed by atoms with van der Waals surface area (Å²) in [4.78, 5) is 4.50. The van der Waals surface area contributed by atoms with Gasteiger partial charge in [0.2, 0.25) is 0 Å². The molecule has 6 heteroatoms. The normalized spacial score (nSPS) is 23.5. The minimum atomic E-state index is -0.651. The highest BCUT2D eigenvalue weighted by Gasteiger charge is 2.26. The van der Waals surface area contributed by atoms with Crippen LogP contribution in [0.2, 0.25) is 10.0 Å². The van der Waals surface area contributed by atoms with E-state index >= 15 is 0 Å². The molecule has 1 aromatic carbocycles. The molecule has 0 aromatic heterocycles. The Morgan fingerprint density at radius 2 is 1.95 bits per heavy atom. The van der Waals surface area contributed by atoms with Crippen LogP contribution in [0.3, 0.4) is 0 Å². The number of rotatable bonds is 5. The summed E-state index contributed by atoms with van der Waals surface area (Å²) in [6.45, 7) is 7.80. The summed E-state index contributed by atoms with van der Waals surface area (Å²) in [5, 5.41) is 21.1. The van der Waals surface area contributed by atoms with Crippen LogP contribution < -0.4 is 0 Å². The SMILES string of the molecule is C[C@H](O)CN1CCN(C[C@H](O)c2cc(Cl)ccc2Cl)C[C@H]1C. The van der Waals surface area contributed by atoms with Crippen molar-refractivity contribution in [2.75, 3.05) is 32.7 Å². The molecule has 0 aliphatic carbocycles. The Labute approximate surface area is 142 Å². The number of hydrogen-bond acceptors (Lipinski definition) is 4. The van der Waals surface area contributed by atoms with Gasteiger partial charge in [0, 0.05) is 54.4 Å². The van der Waals surface area contributed by atoms with Crippen molar-refractivity contribution in [2.24, 2.45) is 0 Å². The summed E-state index contributed by atoms with van der Waals surface area (Å²) >= 11 is 12.1. The van der Waals surface area contributed by atoms with Gasteiger partial charge in [-0.1, -0.05) is 23.2 Å². The molecule has 22 heavy (non-hydrogen) atoms. The summed E-state index contributed by atoms with van der Waals surface area (Å²) < 4.78 is 0. The third-order valence-electron chi connectivity index (χ3n) is 4.10. The highest BCUT2D eigenvalue weighted by molar-refractivity contribution is 6.33. The average Bonchev–Trinajstić information content (AvgIpc) is 2.44. The van der Waals surface area contributed by atoms with Crippen molar-refractivity contribution in [2.45, 2.75) is 32.1 Å². The van der Waals surface area contributed by atoms with E-state index in [4.69, 9.17) is 23.2 Å². The highest BCUT2D eigenvalue weighted by atomic mass is 35.5. The molecular formula is C16H24Cl2N2O2. The molecule has 1 heterocycles. The molecule has 1 saturated heterocycles. The molecule has 2 rings (SSSR count). The van der Waals surface area contributed by atoms with E-state index in [0.717, 1.165) is 19.6 Å². The van der Waals surface area contributed by atoms with Gasteiger partial charge in [0.15, 0.2) is 0 Å². The second kappa shape index (κ2) is 7.95. The molecule has 1 fully saturated rings. The van der Waals surface area contributed by atoms with Crippen LogP contribution in [0.15, 0.2) is 18.2 Å². The third-order valence-corrected chi connectivity index (χ3v) is 4.68. The van der Waals surface area contributed by atoms with E-state index in [0.29, 0.717) is 34.7 Å². The van der Waals surface area contributed by atoms with Crippen LogP contribution in [0.4, 0.5) is 0 Å². The minimum absolute atomic E-state index is 0.315. The van der Waals surface area contributed by atoms with Crippen LogP contribution in [-0.2, 0) is 0 Å². The van der Waals surface area contributed by atoms with Gasteiger partial charge in [-0.2, -0.15) is 0 Å². The number of piperazine rings is 1. The second-order valence-electron chi connectivity index (χ2n) is 6.13. The van der Waals surface area contributed by atoms with Gasteiger partial charge in [0.1, 0.15) is 0 Å². The van der Waals surface area contributed by atoms with E-state index in [1.54, 1.807) is 18.2 Å². The molecule has 2 N–H and O–H groups in total. The highest BCUT2D eigenvalue weighted by Crippen LogP contribution is 2.27. The first-order valence-electron chi connectivity index (χ1n) is 7.64. The second-order valence-corrected chi connectivity index (χ2v) is 6.98. The summed E-state index contributed by atoms with van der Waals surface area (Å²) in [7, 11) is 0. The molecule has 0 saturated carbocycles. The van der Waals surface area contributed by atoms with Crippen molar-refractivity contribution < 1.29 is 10.2 Å². The quantitative estimate of drug-likeness (QED) is 0.859. The van der Waals surface area contributed by atoms with Gasteiger partial charge in [-0.15, -0.1) is 0 Å². The van der Waals surface area contributed by atoms with Gasteiger partial charge in [-0.25, -0.2) is 0 Å². The Kier molecular flexibility index (Phi) is 6.50. The van der Waals surface area contributed by atoms with Crippen LogP contribution in [0.5, 0.6) is 0 Å². The number of halogens is 2. The zero-order valence-electron chi connectivity index (χ0n) is 13.0. The molecule has 4 nitrogen and oxygen atoms in total. The van der Waals surface area contributed by atoms with Gasteiger partial charge in [-0.05, 0) is 32.0 Å². The molecule has 3 atom stereocenters. The zero-order valence-corrected chi connectivity index (χ0v) is 14.6. The zero-order chi connectivity index (χ0) is 16.3. The van der Waals surface area contributed by atoms with Gasteiger partial charge in [0.05, 0.1) is 12.2 Å². The minimum Gasteiger partial charge on any atom is -0.392 e. The Morgan fingerprint density at radius 1 is 1.23 bits per heavy atom. The van der Waals surface area contributed by atoms with Crippen LogP contribution in [-0.4, -0.2) is 64.9 Å². The van der Waals surface area contributed by atoms with Crippen molar-refractivity contribution in [3.63, 3.8) is 0 Å². The fourth-order valence-electron chi connectivity index (χ4n) is 2.96. The first-order valence-corrected chi connectivity index (χ1v) is 8.40. The fraction of sp³-hybridized carbons (Fsp3) is 0.625. The van der Waals surface area contributed by atoms with Crippen LogP contribution in [0, 0.1) is 0 Å². The molecule has 0 unspecified atom stereocenters. The molecule has 1 aliphatic heterocycles. The van der Waals surface area contributed by atoms with Gasteiger partial charge in [-0.3, -0.25) is 9.80 Å². The smallest absolute Gasteiger partial charge is 0.0931 e. The number of aliphatic hydroxyl groups excluding tert-OH is 2. The lowest BCUT2D eigenvalue weighted by Gasteiger charge is -2.41. The Morgan fingerprint density at radius 3 is 2.59 bits per heavy atom. The lowest BCUT2D eigenvalue weighted by Crippen LogP contribution is -2.54. The van der Waals surface area contributed by atoms with E-state index in [1.807, 2.05) is 6.92 Å². The summed E-state index contributed by atoms with van der Waals surface area (Å²) in [5.74, 6) is 0. The topological polar surface area (TPSA) is 46.9 Å². The van der Waals surface area contributed by atoms with Crippen molar-refractivity contribution in [1.29, 1.82) is 0 Å². The number of aliphatic hydroxyl groups is 2. The van der Waals surface area contributed by atoms with Gasteiger partial charge < -0.3 is 10.2 Å². The lowest BCUT2D eigenvalue weighted by molar-refractivity contribution is 0.0240. The fourth-order valence-corrected chi connectivity index (χ4v) is 3.38. The van der Waals surface area contributed by atoms with E-state index in [1.165, 1.54) is 0 Å². The molecule has 1 aromatic rings. The predicted octanol–water partition coefficient (Wildman–Crippen LogP) is 2.41. The maximum Gasteiger partial charge on any atom is 0.0931 e. The summed E-state index contributed by atoms with van der Waals surface area (Å²) in [6.07, 6.45) is -0.966. The largest absolute Gasteiger partial charge is 0.392 e. The molecule has 0 amide bonds. The number of β-amino-alcohol motifs (C(OH)–C–C–N with tert-alkyl or cyclic N) is 2. The van der Waals surface area contributed by atoms with Crippen molar-refractivity contribution in [3.05, 3.63) is 33.8 Å². The Balaban J connectivity index is 1.93. The van der Waals surface area contributed by atoms with Crippen molar-refractivity contribution in [1.82, 2.24) is 9.80 Å². The van der Waals surface area contributed by atoms with Crippen LogP contribution >= 0.6 is 23.2 Å². The molecule has 0 radical (unpaired) electrons. The Hall–Kier alpha value is -0.360. The lowest BCUT2D eigenvalue weighted by atomic mass is 10.1. The van der Waals surface area contributed by atoms with Crippen molar-refractivity contribution in [3.8, 4) is 0 Å². The van der Waals surface area contributed by atoms with Crippen LogP contribution in [0.25, 0.3) is 0 Å². The monoisotopic (exact) mass is 346 g/mol. The Bertz CT molecular complexity index is 499. The first kappa shape index (κ1) is 18.0. The molecule has 124 valence electrons. The standard InChI is InChI=1S/C16H24Cl2N2O2/c1-11-8-19(5-6-20(11)9-12(2)21)10-16(22)14-7-13(17)3-4-15(14)18/h3-4,7,11-12,16,21-22H,5-6,8-10H2,1-2H3/t11-,12+,16+/m1/s1. The summed E-state index contributed by atoms with van der Waals surface area (Å²) in [5.41, 5.74) is 0.674. The van der Waals surface area contributed by atoms with Crippen molar-refractivity contribution >= 4 is 23.2 Å². The van der Waals surface area contributed by atoms with Gasteiger partial charge in [0.25, 0.3) is 0 Å². The van der Waals surface area contributed by atoms with Crippen LogP contribution in [0.1, 0.15) is 25.5 Å². The maximum atomic E-state index is 10.4. The average molecular weight is 347 g/mol. The van der Waals surface area contributed by atoms with Gasteiger partial charge >= 0.3 is 0 Å². The number of hydrogen-bond donors (Lipinski definition) is 2. The molecule has 0 bridgehead atoms. The molecule has 0 spiro atoms. The molecular weight excluding hydrogens is 323 g/mol. The first-order chi connectivity index (χ1) is 10.4. The molecule has 1 aliphatic rings. The number of nitrogens with zero attached hydrogens (tertiary/aromatic N) is 2. The third kappa shape index (κ3) is 4.82. The van der Waals surface area contributed by atoms with E-state index in [-0.39, 0.29) is 6.10 Å². The summed E-state index contributed by atoms with van der Waals surface area (Å²) in [6, 6.07) is 5.51. The number of benzene rings is 1. The van der Waals surface area contributed by atoms with E-state index in [2.05, 4.69) is 16.7 Å². The maximum absolute atomic E-state index is 10.4. The van der Waals surface area contributed by atoms with E-state index < -0.39 is 6.10 Å².